The second-order valence-corrected chi connectivity index (χ2v) is 6.72. The maximum absolute atomic E-state index is 12.8. The van der Waals surface area contributed by atoms with Gasteiger partial charge in [-0.25, -0.2) is 10.1 Å². The Bertz CT molecular complexity index is 1090. The fourth-order valence-corrected chi connectivity index (χ4v) is 3.05. The first kappa shape index (κ1) is 19.8. The van der Waals surface area contributed by atoms with Gasteiger partial charge in [-0.05, 0) is 36.6 Å². The van der Waals surface area contributed by atoms with Gasteiger partial charge in [0.15, 0.2) is 5.69 Å². The fraction of sp³-hybridized carbons (Fsp3) is 0.238. The van der Waals surface area contributed by atoms with Crippen LogP contribution in [0.5, 0.6) is 0 Å². The average molecular weight is 397 g/mol. The molecule has 0 unspecified atom stereocenters. The van der Waals surface area contributed by atoms with Crippen LogP contribution in [0.25, 0.3) is 10.8 Å². The molecular formula is C21H21ClN4O2. The van der Waals surface area contributed by atoms with E-state index in [4.69, 9.17) is 11.6 Å². The highest BCUT2D eigenvalue weighted by Crippen LogP contribution is 2.14. The maximum Gasteiger partial charge on any atom is 0.292 e. The van der Waals surface area contributed by atoms with Gasteiger partial charge >= 0.3 is 0 Å². The van der Waals surface area contributed by atoms with E-state index in [1.807, 2.05) is 26.0 Å². The first-order chi connectivity index (χ1) is 13.5. The molecule has 1 N–H and O–H groups in total. The van der Waals surface area contributed by atoms with Crippen molar-refractivity contribution < 1.29 is 4.79 Å². The van der Waals surface area contributed by atoms with Crippen molar-refractivity contribution in [2.24, 2.45) is 5.10 Å². The second kappa shape index (κ2) is 8.80. The zero-order valence-electron chi connectivity index (χ0n) is 15.8. The third-order valence-corrected chi connectivity index (χ3v) is 4.57. The lowest BCUT2D eigenvalue weighted by molar-refractivity contribution is 0.0949. The number of carbonyl (C=O) groups is 1. The molecular weight excluding hydrogens is 376 g/mol. The van der Waals surface area contributed by atoms with Crippen LogP contribution in [0, 0.1) is 0 Å². The molecule has 2 aromatic carbocycles. The van der Waals surface area contributed by atoms with Crippen LogP contribution in [-0.4, -0.2) is 21.4 Å². The van der Waals surface area contributed by atoms with Crippen molar-refractivity contribution in [2.45, 2.75) is 33.2 Å². The van der Waals surface area contributed by atoms with E-state index in [1.54, 1.807) is 36.4 Å². The van der Waals surface area contributed by atoms with Crippen LogP contribution in [0.4, 0.5) is 0 Å². The molecule has 0 aliphatic rings. The SMILES string of the molecule is CCCn1nc(C(=O)N/N=C(/CC)c2ccc(Cl)cc2)c2ccccc2c1=O. The molecule has 0 spiro atoms. The lowest BCUT2D eigenvalue weighted by Gasteiger charge is -2.10. The van der Waals surface area contributed by atoms with Crippen LogP contribution < -0.4 is 11.0 Å². The molecule has 3 rings (SSSR count). The predicted molar refractivity (Wildman–Crippen MR) is 112 cm³/mol. The first-order valence-corrected chi connectivity index (χ1v) is 9.55. The number of aryl methyl sites for hydroxylation is 1. The van der Waals surface area contributed by atoms with Crippen molar-refractivity contribution in [2.75, 3.05) is 0 Å². The Hall–Kier alpha value is -2.99. The van der Waals surface area contributed by atoms with E-state index in [9.17, 15) is 9.59 Å². The fourth-order valence-electron chi connectivity index (χ4n) is 2.93. The maximum atomic E-state index is 12.8. The van der Waals surface area contributed by atoms with Gasteiger partial charge in [0, 0.05) is 17.0 Å². The number of hydrogen-bond donors (Lipinski definition) is 1. The van der Waals surface area contributed by atoms with Gasteiger partial charge in [0.2, 0.25) is 0 Å². The van der Waals surface area contributed by atoms with Crippen LogP contribution in [0.3, 0.4) is 0 Å². The number of amides is 1. The summed E-state index contributed by atoms with van der Waals surface area (Å²) in [6, 6.07) is 14.2. The van der Waals surface area contributed by atoms with Crippen LogP contribution in [0.1, 0.15) is 42.7 Å². The Balaban J connectivity index is 1.97. The van der Waals surface area contributed by atoms with E-state index in [0.29, 0.717) is 28.8 Å². The van der Waals surface area contributed by atoms with Gasteiger partial charge in [-0.15, -0.1) is 0 Å². The Kier molecular flexibility index (Phi) is 6.21. The summed E-state index contributed by atoms with van der Waals surface area (Å²) in [4.78, 5) is 25.4. The van der Waals surface area contributed by atoms with Gasteiger partial charge in [-0.2, -0.15) is 10.2 Å². The largest absolute Gasteiger partial charge is 0.292 e. The Morgan fingerprint density at radius 3 is 2.43 bits per heavy atom. The first-order valence-electron chi connectivity index (χ1n) is 9.17. The Morgan fingerprint density at radius 2 is 1.79 bits per heavy atom. The molecule has 0 atom stereocenters. The zero-order chi connectivity index (χ0) is 20.1. The highest BCUT2D eigenvalue weighted by atomic mass is 35.5. The molecule has 6 nitrogen and oxygen atoms in total. The smallest absolute Gasteiger partial charge is 0.267 e. The third kappa shape index (κ3) is 4.12. The summed E-state index contributed by atoms with van der Waals surface area (Å²) in [7, 11) is 0. The van der Waals surface area contributed by atoms with Gasteiger partial charge in [-0.3, -0.25) is 9.59 Å². The summed E-state index contributed by atoms with van der Waals surface area (Å²) in [5, 5.41) is 10.2. The van der Waals surface area contributed by atoms with Gasteiger partial charge in [0.1, 0.15) is 0 Å². The van der Waals surface area contributed by atoms with Crippen LogP contribution in [-0.2, 0) is 6.54 Å². The lowest BCUT2D eigenvalue weighted by atomic mass is 10.1. The number of aromatic nitrogens is 2. The normalized spacial score (nSPS) is 11.6. The summed E-state index contributed by atoms with van der Waals surface area (Å²) < 4.78 is 1.33. The van der Waals surface area contributed by atoms with Crippen LogP contribution >= 0.6 is 11.6 Å². The number of fused-ring (bicyclic) bond motifs is 1. The van der Waals surface area contributed by atoms with E-state index >= 15 is 0 Å². The second-order valence-electron chi connectivity index (χ2n) is 6.28. The highest BCUT2D eigenvalue weighted by Gasteiger charge is 2.16. The summed E-state index contributed by atoms with van der Waals surface area (Å²) in [6.45, 7) is 4.35. The van der Waals surface area contributed by atoms with Crippen LogP contribution in [0.15, 0.2) is 58.4 Å². The minimum Gasteiger partial charge on any atom is -0.267 e. The standard InChI is InChI=1S/C21H21ClN4O2/c1-3-13-26-21(28)17-8-6-5-7-16(17)19(25-26)20(27)24-23-18(4-2)14-9-11-15(22)12-10-14/h5-12H,3-4,13H2,1-2H3,(H,24,27)/b23-18-. The number of carbonyl (C=O) groups excluding carboxylic acids is 1. The van der Waals surface area contributed by atoms with Crippen molar-refractivity contribution in [3.05, 3.63) is 75.2 Å². The summed E-state index contributed by atoms with van der Waals surface area (Å²) in [5.74, 6) is -0.457. The quantitative estimate of drug-likeness (QED) is 0.505. The Morgan fingerprint density at radius 1 is 1.11 bits per heavy atom. The van der Waals surface area contributed by atoms with Crippen molar-refractivity contribution in [3.63, 3.8) is 0 Å². The number of hydrogen-bond acceptors (Lipinski definition) is 4. The Labute approximate surface area is 167 Å². The van der Waals surface area contributed by atoms with Crippen molar-refractivity contribution >= 4 is 34.0 Å². The summed E-state index contributed by atoms with van der Waals surface area (Å²) in [6.07, 6.45) is 1.37. The molecule has 0 radical (unpaired) electrons. The molecule has 0 fully saturated rings. The number of hydrazone groups is 1. The summed E-state index contributed by atoms with van der Waals surface area (Å²) in [5.41, 5.74) is 4.16. The molecule has 1 amide bonds. The molecule has 1 heterocycles. The molecule has 7 heteroatoms. The molecule has 0 aliphatic carbocycles. The lowest BCUT2D eigenvalue weighted by Crippen LogP contribution is -2.29. The van der Waals surface area contributed by atoms with E-state index in [0.717, 1.165) is 17.7 Å². The number of nitrogens with zero attached hydrogens (tertiary/aromatic N) is 3. The average Bonchev–Trinajstić information content (AvgIpc) is 2.71. The van der Waals surface area contributed by atoms with Gasteiger partial charge in [0.25, 0.3) is 11.5 Å². The zero-order valence-corrected chi connectivity index (χ0v) is 16.5. The van der Waals surface area contributed by atoms with E-state index < -0.39 is 5.91 Å². The number of benzene rings is 2. The topological polar surface area (TPSA) is 76.3 Å². The van der Waals surface area contributed by atoms with Crippen molar-refractivity contribution in [1.29, 1.82) is 0 Å². The number of halogens is 1. The minimum absolute atomic E-state index is 0.180. The van der Waals surface area contributed by atoms with Crippen molar-refractivity contribution in [3.8, 4) is 0 Å². The van der Waals surface area contributed by atoms with Crippen LogP contribution in [0.2, 0.25) is 5.02 Å². The van der Waals surface area contributed by atoms with E-state index in [-0.39, 0.29) is 11.3 Å². The van der Waals surface area contributed by atoms with E-state index in [2.05, 4.69) is 15.6 Å². The third-order valence-electron chi connectivity index (χ3n) is 4.32. The summed E-state index contributed by atoms with van der Waals surface area (Å²) >= 11 is 5.93. The number of nitrogens with one attached hydrogen (secondary N) is 1. The molecule has 3 aromatic rings. The van der Waals surface area contributed by atoms with E-state index in [1.165, 1.54) is 4.68 Å². The molecule has 0 saturated heterocycles. The molecule has 0 saturated carbocycles. The predicted octanol–water partition coefficient (Wildman–Crippen LogP) is 4.00. The van der Waals surface area contributed by atoms with Gasteiger partial charge in [-0.1, -0.05) is 55.8 Å². The van der Waals surface area contributed by atoms with Gasteiger partial charge in [0.05, 0.1) is 11.1 Å². The highest BCUT2D eigenvalue weighted by molar-refractivity contribution is 6.30. The molecule has 0 bridgehead atoms. The van der Waals surface area contributed by atoms with Gasteiger partial charge < -0.3 is 0 Å². The minimum atomic E-state index is -0.457. The monoisotopic (exact) mass is 396 g/mol. The molecule has 0 aliphatic heterocycles. The molecule has 144 valence electrons. The molecule has 28 heavy (non-hydrogen) atoms. The molecule has 1 aromatic heterocycles. The van der Waals surface area contributed by atoms with Crippen molar-refractivity contribution in [1.82, 2.24) is 15.2 Å². The number of rotatable bonds is 6.